The molecule has 0 aromatic carbocycles. The molecule has 1 rings (SSSR count). The molecule has 18 heavy (non-hydrogen) atoms. The van der Waals surface area contributed by atoms with E-state index in [1.54, 1.807) is 13.8 Å². The highest BCUT2D eigenvalue weighted by Crippen LogP contribution is 2.68. The maximum atomic E-state index is 10.7. The fourth-order valence-electron chi connectivity index (χ4n) is 2.77. The molecular weight excluding hydrogens is 248 g/mol. The van der Waals surface area contributed by atoms with Crippen LogP contribution in [0.15, 0.2) is 0 Å². The van der Waals surface area contributed by atoms with Gasteiger partial charge in [0.2, 0.25) is 0 Å². The number of hydrogen-bond donors (Lipinski definition) is 4. The highest BCUT2D eigenvalue weighted by atomic mass is 28.3. The monoisotopic (exact) mass is 276 g/mol. The normalized spacial score (nSPS) is 37.5. The van der Waals surface area contributed by atoms with Crippen molar-refractivity contribution in [3.63, 3.8) is 0 Å². The summed E-state index contributed by atoms with van der Waals surface area (Å²) in [5.74, 6) is 0. The largest absolute Gasteiger partial charge is 0.393 e. The van der Waals surface area contributed by atoms with Crippen molar-refractivity contribution in [3.05, 3.63) is 0 Å². The van der Waals surface area contributed by atoms with E-state index in [0.29, 0.717) is 0 Å². The molecule has 1 saturated carbocycles. The summed E-state index contributed by atoms with van der Waals surface area (Å²) in [4.78, 5) is 0. The fraction of sp³-hybridized carbons (Fsp3) is 1.00. The summed E-state index contributed by atoms with van der Waals surface area (Å²) in [6, 6.07) is 0. The molecular formula is C13H28O4Si. The molecule has 4 N–H and O–H groups in total. The molecule has 4 nitrogen and oxygen atoms in total. The second-order valence-corrected chi connectivity index (χ2v) is 13.3. The van der Waals surface area contributed by atoms with E-state index < -0.39 is 37.0 Å². The van der Waals surface area contributed by atoms with Crippen molar-refractivity contribution < 1.29 is 20.4 Å². The molecule has 108 valence electrons. The van der Waals surface area contributed by atoms with Crippen LogP contribution < -0.4 is 0 Å². The average Bonchev–Trinajstić information content (AvgIpc) is 2.56. The van der Waals surface area contributed by atoms with Gasteiger partial charge < -0.3 is 20.4 Å². The zero-order valence-electron chi connectivity index (χ0n) is 12.6. The van der Waals surface area contributed by atoms with Gasteiger partial charge in [0.15, 0.2) is 0 Å². The topological polar surface area (TPSA) is 80.9 Å². The Balaban J connectivity index is 3.19. The van der Waals surface area contributed by atoms with Gasteiger partial charge in [0.05, 0.1) is 20.4 Å². The molecule has 1 aliphatic carbocycles. The van der Waals surface area contributed by atoms with Crippen LogP contribution in [0.1, 0.15) is 34.6 Å². The van der Waals surface area contributed by atoms with Crippen molar-refractivity contribution in [1.29, 1.82) is 0 Å². The minimum absolute atomic E-state index is 0.114. The highest BCUT2D eigenvalue weighted by molar-refractivity contribution is 6.81. The Morgan fingerprint density at radius 3 is 1.72 bits per heavy atom. The van der Waals surface area contributed by atoms with Crippen molar-refractivity contribution in [1.82, 2.24) is 0 Å². The van der Waals surface area contributed by atoms with Crippen molar-refractivity contribution in [3.8, 4) is 0 Å². The second-order valence-electron chi connectivity index (χ2n) is 7.78. The van der Waals surface area contributed by atoms with Gasteiger partial charge in [-0.25, -0.2) is 0 Å². The van der Waals surface area contributed by atoms with Crippen LogP contribution >= 0.6 is 0 Å². The molecule has 0 amide bonds. The predicted molar refractivity (Wildman–Crippen MR) is 74.0 cm³/mol. The summed E-state index contributed by atoms with van der Waals surface area (Å²) >= 11 is 0. The van der Waals surface area contributed by atoms with Gasteiger partial charge in [-0.1, -0.05) is 47.7 Å². The lowest BCUT2D eigenvalue weighted by Crippen LogP contribution is -2.59. The Labute approximate surface area is 111 Å². The lowest BCUT2D eigenvalue weighted by Gasteiger charge is -2.43. The summed E-state index contributed by atoms with van der Waals surface area (Å²) in [7, 11) is -2.24. The zero-order valence-corrected chi connectivity index (χ0v) is 13.6. The van der Waals surface area contributed by atoms with Gasteiger partial charge in [0.25, 0.3) is 0 Å². The molecule has 1 unspecified atom stereocenters. The van der Waals surface area contributed by atoms with Gasteiger partial charge in [-0.3, -0.25) is 0 Å². The van der Waals surface area contributed by atoms with E-state index in [-0.39, 0.29) is 5.04 Å². The minimum Gasteiger partial charge on any atom is -0.393 e. The predicted octanol–water partition coefficient (Wildman–Crippen LogP) is 0.889. The summed E-state index contributed by atoms with van der Waals surface area (Å²) in [5.41, 5.74) is -5.13. The highest BCUT2D eigenvalue weighted by Gasteiger charge is 2.86. The summed E-state index contributed by atoms with van der Waals surface area (Å²) in [6.45, 7) is 12.9. The number of hydrogen-bond acceptors (Lipinski definition) is 4. The Kier molecular flexibility index (Phi) is 3.39. The Hall–Kier alpha value is 0.0569. The van der Waals surface area contributed by atoms with E-state index in [1.165, 1.54) is 0 Å². The van der Waals surface area contributed by atoms with Gasteiger partial charge >= 0.3 is 0 Å². The third-order valence-corrected chi connectivity index (χ3v) is 11.4. The second kappa shape index (κ2) is 3.79. The van der Waals surface area contributed by atoms with Crippen LogP contribution in [0.3, 0.4) is 0 Å². The molecule has 0 aromatic rings. The lowest BCUT2D eigenvalue weighted by molar-refractivity contribution is -0.0560. The van der Waals surface area contributed by atoms with E-state index in [4.69, 9.17) is 0 Å². The summed E-state index contributed by atoms with van der Waals surface area (Å²) in [5, 5.41) is 41.0. The minimum atomic E-state index is -2.24. The van der Waals surface area contributed by atoms with Crippen LogP contribution in [-0.4, -0.2) is 52.0 Å². The van der Waals surface area contributed by atoms with Crippen molar-refractivity contribution in [2.24, 2.45) is 5.41 Å². The van der Waals surface area contributed by atoms with Crippen LogP contribution in [0.4, 0.5) is 0 Å². The standard InChI is InChI=1S/C13H28O4Si/c1-10(2,3)18(6,7)9(15)13(17)11(4,5)12(13,16)8-14/h9,14-17H,8H2,1-7H3/t9?,12-,13-/m0/s1. The third kappa shape index (κ3) is 1.51. The van der Waals surface area contributed by atoms with Crippen LogP contribution in [0.25, 0.3) is 0 Å². The molecule has 0 bridgehead atoms. The van der Waals surface area contributed by atoms with Crippen molar-refractivity contribution in [2.75, 3.05) is 6.61 Å². The molecule has 0 aliphatic heterocycles. The molecule has 0 aromatic heterocycles. The Bertz CT molecular complexity index is 347. The molecule has 0 radical (unpaired) electrons. The van der Waals surface area contributed by atoms with Crippen LogP contribution in [0.5, 0.6) is 0 Å². The third-order valence-electron chi connectivity index (χ3n) is 5.80. The molecule has 1 aliphatic rings. The van der Waals surface area contributed by atoms with E-state index in [9.17, 15) is 20.4 Å². The molecule has 1 fully saturated rings. The first-order valence-corrected chi connectivity index (χ1v) is 9.53. The van der Waals surface area contributed by atoms with Crippen LogP contribution in [0.2, 0.25) is 18.1 Å². The van der Waals surface area contributed by atoms with Gasteiger partial charge in [0.1, 0.15) is 11.2 Å². The first-order valence-electron chi connectivity index (χ1n) is 6.45. The molecule has 0 spiro atoms. The van der Waals surface area contributed by atoms with Crippen molar-refractivity contribution in [2.45, 2.75) is 69.7 Å². The molecule has 3 atom stereocenters. The quantitative estimate of drug-likeness (QED) is 0.577. The molecule has 0 saturated heterocycles. The van der Waals surface area contributed by atoms with E-state index in [0.717, 1.165) is 0 Å². The summed E-state index contributed by atoms with van der Waals surface area (Å²) in [6.07, 6.45) is 0. The Morgan fingerprint density at radius 2 is 1.50 bits per heavy atom. The maximum absolute atomic E-state index is 10.7. The molecule has 0 heterocycles. The lowest BCUT2D eigenvalue weighted by atomic mass is 10.1. The maximum Gasteiger partial charge on any atom is 0.127 e. The smallest absolute Gasteiger partial charge is 0.127 e. The van der Waals surface area contributed by atoms with Crippen molar-refractivity contribution >= 4 is 8.07 Å². The van der Waals surface area contributed by atoms with Gasteiger partial charge in [0, 0.05) is 5.41 Å². The average molecular weight is 276 g/mol. The van der Waals surface area contributed by atoms with Gasteiger partial charge in [-0.05, 0) is 5.04 Å². The number of aliphatic hydroxyl groups excluding tert-OH is 2. The number of aliphatic hydroxyl groups is 4. The van der Waals surface area contributed by atoms with E-state index >= 15 is 0 Å². The van der Waals surface area contributed by atoms with Crippen LogP contribution in [-0.2, 0) is 0 Å². The molecule has 5 heteroatoms. The van der Waals surface area contributed by atoms with Crippen LogP contribution in [0, 0.1) is 5.41 Å². The van der Waals surface area contributed by atoms with Gasteiger partial charge in [-0.2, -0.15) is 0 Å². The SMILES string of the molecule is CC1(C)[C@@](O)(CO)[C@]1(O)C(O)[Si](C)(C)C(C)(C)C. The fourth-order valence-corrected chi connectivity index (χ4v) is 5.24. The van der Waals surface area contributed by atoms with E-state index in [1.807, 2.05) is 33.9 Å². The summed E-state index contributed by atoms with van der Waals surface area (Å²) < 4.78 is 0. The van der Waals surface area contributed by atoms with Gasteiger partial charge in [-0.15, -0.1) is 0 Å². The van der Waals surface area contributed by atoms with E-state index in [2.05, 4.69) is 0 Å². The zero-order chi connectivity index (χ0) is 14.8. The number of rotatable bonds is 3. The first-order chi connectivity index (χ1) is 7.72. The Morgan fingerprint density at radius 1 is 1.11 bits per heavy atom. The first kappa shape index (κ1) is 16.1.